The zero-order valence-electron chi connectivity index (χ0n) is 13.4. The van der Waals surface area contributed by atoms with Crippen molar-refractivity contribution in [2.45, 2.75) is 26.3 Å². The first-order valence-electron chi connectivity index (χ1n) is 7.64. The molecule has 1 N–H and O–H groups in total. The lowest BCUT2D eigenvalue weighted by Gasteiger charge is -2.29. The molecule has 1 aromatic carbocycles. The van der Waals surface area contributed by atoms with Gasteiger partial charge in [0.25, 0.3) is 0 Å². The Morgan fingerprint density at radius 1 is 1.25 bits per heavy atom. The molecule has 2 atom stereocenters. The summed E-state index contributed by atoms with van der Waals surface area (Å²) in [7, 11) is 3.92. The summed E-state index contributed by atoms with van der Waals surface area (Å²) >= 11 is 0. The summed E-state index contributed by atoms with van der Waals surface area (Å²) in [5, 5.41) is 3.69. The Hall–Kier alpha value is -0.900. The zero-order valence-corrected chi connectivity index (χ0v) is 13.4. The van der Waals surface area contributed by atoms with Crippen molar-refractivity contribution in [1.82, 2.24) is 10.2 Å². The number of nitrogens with zero attached hydrogens (tertiary/aromatic N) is 1. The van der Waals surface area contributed by atoms with Gasteiger partial charge in [-0.1, -0.05) is 44.2 Å². The molecule has 0 heterocycles. The molecule has 0 amide bonds. The molecule has 0 aliphatic rings. The molecule has 0 saturated carbocycles. The Morgan fingerprint density at radius 3 is 2.55 bits per heavy atom. The van der Waals surface area contributed by atoms with E-state index in [9.17, 15) is 0 Å². The summed E-state index contributed by atoms with van der Waals surface area (Å²) in [6, 6.07) is 11.2. The van der Waals surface area contributed by atoms with Gasteiger partial charge < -0.3 is 15.0 Å². The molecule has 0 radical (unpaired) electrons. The maximum atomic E-state index is 5.15. The summed E-state index contributed by atoms with van der Waals surface area (Å²) in [5.41, 5.74) is 1.38. The average Bonchev–Trinajstić information content (AvgIpc) is 2.46. The first-order chi connectivity index (χ1) is 9.69. The molecule has 2 unspecified atom stereocenters. The maximum absolute atomic E-state index is 5.15. The van der Waals surface area contributed by atoms with Crippen molar-refractivity contribution in [3.63, 3.8) is 0 Å². The van der Waals surface area contributed by atoms with Gasteiger partial charge in [-0.15, -0.1) is 0 Å². The number of nitrogens with one attached hydrogen (secondary N) is 1. The third-order valence-electron chi connectivity index (χ3n) is 3.62. The number of likely N-dealkylation sites (N-methyl/N-ethyl adjacent to an activating group) is 1. The highest BCUT2D eigenvalue weighted by atomic mass is 16.5. The highest BCUT2D eigenvalue weighted by Gasteiger charge is 2.19. The molecule has 0 aliphatic heterocycles. The summed E-state index contributed by atoms with van der Waals surface area (Å²) < 4.78 is 5.15. The van der Waals surface area contributed by atoms with Gasteiger partial charge in [0.1, 0.15) is 0 Å². The largest absolute Gasteiger partial charge is 0.383 e. The fourth-order valence-corrected chi connectivity index (χ4v) is 2.54. The summed E-state index contributed by atoms with van der Waals surface area (Å²) in [6.45, 7) is 8.44. The minimum atomic E-state index is 0.418. The maximum Gasteiger partial charge on any atom is 0.0589 e. The van der Waals surface area contributed by atoms with E-state index in [1.807, 2.05) is 0 Å². The molecule has 20 heavy (non-hydrogen) atoms. The SMILES string of the molecule is CCCNC(c1ccccc1)C(C)CN(C)CCOC. The van der Waals surface area contributed by atoms with E-state index in [2.05, 4.69) is 61.4 Å². The normalized spacial score (nSPS) is 14.4. The van der Waals surface area contributed by atoms with Gasteiger partial charge in [0, 0.05) is 26.2 Å². The number of methoxy groups -OCH3 is 1. The molecular weight excluding hydrogens is 248 g/mol. The predicted octanol–water partition coefficient (Wildman–Crippen LogP) is 2.94. The van der Waals surface area contributed by atoms with Crippen LogP contribution in [0.3, 0.4) is 0 Å². The number of benzene rings is 1. The topological polar surface area (TPSA) is 24.5 Å². The number of ether oxygens (including phenoxy) is 1. The van der Waals surface area contributed by atoms with Crippen LogP contribution in [0.2, 0.25) is 0 Å². The molecule has 0 aliphatic carbocycles. The standard InChI is InChI=1S/C17H30N2O/c1-5-11-18-17(16-9-7-6-8-10-16)15(2)14-19(3)12-13-20-4/h6-10,15,17-18H,5,11-14H2,1-4H3. The van der Waals surface area contributed by atoms with Crippen LogP contribution in [-0.4, -0.2) is 45.3 Å². The van der Waals surface area contributed by atoms with Crippen molar-refractivity contribution in [2.75, 3.05) is 40.4 Å². The molecule has 0 spiro atoms. The second-order valence-electron chi connectivity index (χ2n) is 5.57. The van der Waals surface area contributed by atoms with Gasteiger partial charge in [-0.2, -0.15) is 0 Å². The van der Waals surface area contributed by atoms with Crippen molar-refractivity contribution in [3.05, 3.63) is 35.9 Å². The molecule has 1 rings (SSSR count). The molecule has 0 fully saturated rings. The minimum absolute atomic E-state index is 0.418. The van der Waals surface area contributed by atoms with E-state index in [1.165, 1.54) is 5.56 Å². The molecule has 0 bridgehead atoms. The van der Waals surface area contributed by atoms with Crippen molar-refractivity contribution in [3.8, 4) is 0 Å². The van der Waals surface area contributed by atoms with E-state index in [-0.39, 0.29) is 0 Å². The summed E-state index contributed by atoms with van der Waals surface area (Å²) in [5.74, 6) is 0.561. The van der Waals surface area contributed by atoms with E-state index < -0.39 is 0 Å². The van der Waals surface area contributed by atoms with Crippen LogP contribution in [0.4, 0.5) is 0 Å². The van der Waals surface area contributed by atoms with Gasteiger partial charge in [-0.3, -0.25) is 0 Å². The fourth-order valence-electron chi connectivity index (χ4n) is 2.54. The third kappa shape index (κ3) is 6.04. The Balaban J connectivity index is 2.62. The molecule has 0 aromatic heterocycles. The van der Waals surface area contributed by atoms with Crippen molar-refractivity contribution in [1.29, 1.82) is 0 Å². The van der Waals surface area contributed by atoms with Crippen LogP contribution >= 0.6 is 0 Å². The molecule has 3 heteroatoms. The quantitative estimate of drug-likeness (QED) is 0.712. The van der Waals surface area contributed by atoms with Gasteiger partial charge in [0.2, 0.25) is 0 Å². The van der Waals surface area contributed by atoms with Crippen LogP contribution in [0.1, 0.15) is 31.9 Å². The summed E-state index contributed by atoms with van der Waals surface area (Å²) in [4.78, 5) is 2.34. The van der Waals surface area contributed by atoms with Crippen LogP contribution in [0.5, 0.6) is 0 Å². The number of rotatable bonds is 10. The Labute approximate surface area is 124 Å². The predicted molar refractivity (Wildman–Crippen MR) is 86.0 cm³/mol. The lowest BCUT2D eigenvalue weighted by atomic mass is 9.94. The molecule has 1 aromatic rings. The van der Waals surface area contributed by atoms with Crippen LogP contribution in [0, 0.1) is 5.92 Å². The molecule has 0 saturated heterocycles. The van der Waals surface area contributed by atoms with Crippen LogP contribution in [0.15, 0.2) is 30.3 Å². The van der Waals surface area contributed by atoms with Gasteiger partial charge in [-0.25, -0.2) is 0 Å². The van der Waals surface area contributed by atoms with Gasteiger partial charge >= 0.3 is 0 Å². The lowest BCUT2D eigenvalue weighted by Crippen LogP contribution is -2.35. The number of hydrogen-bond acceptors (Lipinski definition) is 3. The van der Waals surface area contributed by atoms with Crippen LogP contribution in [0.25, 0.3) is 0 Å². The van der Waals surface area contributed by atoms with Crippen LogP contribution < -0.4 is 5.32 Å². The van der Waals surface area contributed by atoms with E-state index in [0.29, 0.717) is 12.0 Å². The Kier molecular flexibility index (Phi) is 8.51. The fraction of sp³-hybridized carbons (Fsp3) is 0.647. The zero-order chi connectivity index (χ0) is 14.8. The molecule has 114 valence electrons. The highest BCUT2D eigenvalue weighted by Crippen LogP contribution is 2.22. The van der Waals surface area contributed by atoms with Gasteiger partial charge in [0.15, 0.2) is 0 Å². The van der Waals surface area contributed by atoms with Crippen molar-refractivity contribution in [2.24, 2.45) is 5.92 Å². The van der Waals surface area contributed by atoms with E-state index in [4.69, 9.17) is 4.74 Å². The molecule has 3 nitrogen and oxygen atoms in total. The van der Waals surface area contributed by atoms with E-state index in [1.54, 1.807) is 7.11 Å². The van der Waals surface area contributed by atoms with Crippen molar-refractivity contribution < 1.29 is 4.74 Å². The average molecular weight is 278 g/mol. The second-order valence-corrected chi connectivity index (χ2v) is 5.57. The minimum Gasteiger partial charge on any atom is -0.383 e. The van der Waals surface area contributed by atoms with E-state index in [0.717, 1.165) is 32.7 Å². The van der Waals surface area contributed by atoms with Crippen LogP contribution in [-0.2, 0) is 4.74 Å². The van der Waals surface area contributed by atoms with E-state index >= 15 is 0 Å². The second kappa shape index (κ2) is 9.92. The monoisotopic (exact) mass is 278 g/mol. The molecular formula is C17H30N2O. The number of hydrogen-bond donors (Lipinski definition) is 1. The third-order valence-corrected chi connectivity index (χ3v) is 3.62. The van der Waals surface area contributed by atoms with Gasteiger partial charge in [-0.05, 0) is 31.5 Å². The Morgan fingerprint density at radius 2 is 1.95 bits per heavy atom. The Bertz CT molecular complexity index is 342. The first kappa shape index (κ1) is 17.2. The van der Waals surface area contributed by atoms with Crippen molar-refractivity contribution >= 4 is 0 Å². The van der Waals surface area contributed by atoms with Gasteiger partial charge in [0.05, 0.1) is 6.61 Å². The lowest BCUT2D eigenvalue weighted by molar-refractivity contribution is 0.148. The first-order valence-corrected chi connectivity index (χ1v) is 7.64. The summed E-state index contributed by atoms with van der Waals surface area (Å²) in [6.07, 6.45) is 1.16. The smallest absolute Gasteiger partial charge is 0.0589 e. The highest BCUT2D eigenvalue weighted by molar-refractivity contribution is 5.19.